The summed E-state index contributed by atoms with van der Waals surface area (Å²) in [6.45, 7) is 3.45. The van der Waals surface area contributed by atoms with Crippen LogP contribution in [0, 0.1) is 6.92 Å². The van der Waals surface area contributed by atoms with Crippen molar-refractivity contribution in [2.75, 3.05) is 13.1 Å². The highest BCUT2D eigenvalue weighted by atomic mass is 32.1. The van der Waals surface area contributed by atoms with Crippen LogP contribution in [0.3, 0.4) is 0 Å². The van der Waals surface area contributed by atoms with Gasteiger partial charge in [-0.15, -0.1) is 11.3 Å². The first kappa shape index (κ1) is 12.3. The SMILES string of the molecule is Cc1ncsc1C(=O)N1CCC[C@H](n2cccn2)C1. The van der Waals surface area contributed by atoms with Crippen molar-refractivity contribution in [2.45, 2.75) is 25.8 Å². The second-order valence-corrected chi connectivity index (χ2v) is 5.65. The van der Waals surface area contributed by atoms with Crippen molar-refractivity contribution < 1.29 is 4.79 Å². The molecule has 0 radical (unpaired) electrons. The predicted octanol–water partition coefficient (Wildman–Crippen LogP) is 2.13. The van der Waals surface area contributed by atoms with Crippen molar-refractivity contribution >= 4 is 17.2 Å². The van der Waals surface area contributed by atoms with E-state index in [1.807, 2.05) is 28.8 Å². The van der Waals surface area contributed by atoms with Crippen LogP contribution < -0.4 is 0 Å². The maximum atomic E-state index is 12.5. The molecule has 0 bridgehead atoms. The van der Waals surface area contributed by atoms with Crippen molar-refractivity contribution in [3.8, 4) is 0 Å². The van der Waals surface area contributed by atoms with Crippen molar-refractivity contribution in [3.63, 3.8) is 0 Å². The number of aromatic nitrogens is 3. The van der Waals surface area contributed by atoms with Crippen LogP contribution in [0.2, 0.25) is 0 Å². The third-order valence-electron chi connectivity index (χ3n) is 3.52. The lowest BCUT2D eigenvalue weighted by Crippen LogP contribution is -2.40. The van der Waals surface area contributed by atoms with Gasteiger partial charge in [-0.1, -0.05) is 0 Å². The maximum absolute atomic E-state index is 12.5. The van der Waals surface area contributed by atoms with Gasteiger partial charge in [-0.2, -0.15) is 5.10 Å². The highest BCUT2D eigenvalue weighted by Gasteiger charge is 2.27. The summed E-state index contributed by atoms with van der Waals surface area (Å²) in [6.07, 6.45) is 5.85. The summed E-state index contributed by atoms with van der Waals surface area (Å²) in [5, 5.41) is 4.28. The van der Waals surface area contributed by atoms with Crippen LogP contribution in [0.25, 0.3) is 0 Å². The molecule has 0 unspecified atom stereocenters. The van der Waals surface area contributed by atoms with E-state index in [0.717, 1.165) is 36.5 Å². The van der Waals surface area contributed by atoms with E-state index in [-0.39, 0.29) is 5.91 Å². The van der Waals surface area contributed by atoms with E-state index in [1.165, 1.54) is 11.3 Å². The molecule has 1 fully saturated rings. The summed E-state index contributed by atoms with van der Waals surface area (Å²) in [6, 6.07) is 2.22. The molecule has 1 aliphatic heterocycles. The molecule has 3 heterocycles. The lowest BCUT2D eigenvalue weighted by molar-refractivity contribution is 0.0677. The number of rotatable bonds is 2. The van der Waals surface area contributed by atoms with Crippen molar-refractivity contribution in [1.29, 1.82) is 0 Å². The number of likely N-dealkylation sites (tertiary alicyclic amines) is 1. The molecule has 0 saturated carbocycles. The average molecular weight is 276 g/mol. The number of amides is 1. The minimum absolute atomic E-state index is 0.108. The predicted molar refractivity (Wildman–Crippen MR) is 73.3 cm³/mol. The van der Waals surface area contributed by atoms with Gasteiger partial charge in [0.05, 0.1) is 17.2 Å². The molecular weight excluding hydrogens is 260 g/mol. The minimum atomic E-state index is 0.108. The van der Waals surface area contributed by atoms with Crippen LogP contribution in [0.5, 0.6) is 0 Å². The van der Waals surface area contributed by atoms with Crippen molar-refractivity contribution in [1.82, 2.24) is 19.7 Å². The molecule has 0 aliphatic carbocycles. The van der Waals surface area contributed by atoms with Gasteiger partial charge in [-0.3, -0.25) is 9.48 Å². The van der Waals surface area contributed by atoms with Gasteiger partial charge in [0.15, 0.2) is 0 Å². The van der Waals surface area contributed by atoms with Crippen molar-refractivity contribution in [2.24, 2.45) is 0 Å². The lowest BCUT2D eigenvalue weighted by atomic mass is 10.1. The maximum Gasteiger partial charge on any atom is 0.265 e. The zero-order chi connectivity index (χ0) is 13.2. The Morgan fingerprint density at radius 3 is 3.11 bits per heavy atom. The van der Waals surface area contributed by atoms with Gasteiger partial charge in [-0.25, -0.2) is 4.98 Å². The van der Waals surface area contributed by atoms with Crippen LogP contribution in [0.4, 0.5) is 0 Å². The zero-order valence-electron chi connectivity index (χ0n) is 10.8. The third kappa shape index (κ3) is 2.40. The topological polar surface area (TPSA) is 51.0 Å². The van der Waals surface area contributed by atoms with E-state index >= 15 is 0 Å². The molecule has 1 aliphatic rings. The highest BCUT2D eigenvalue weighted by molar-refractivity contribution is 7.11. The Hall–Kier alpha value is -1.69. The number of carbonyl (C=O) groups is 1. The number of thiazole rings is 1. The largest absolute Gasteiger partial charge is 0.336 e. The molecule has 100 valence electrons. The number of carbonyl (C=O) groups excluding carboxylic acids is 1. The summed E-state index contributed by atoms with van der Waals surface area (Å²) in [4.78, 5) is 19.3. The van der Waals surface area contributed by atoms with Gasteiger partial charge < -0.3 is 4.90 Å². The first-order valence-electron chi connectivity index (χ1n) is 6.44. The van der Waals surface area contributed by atoms with Crippen LogP contribution in [-0.4, -0.2) is 38.7 Å². The summed E-state index contributed by atoms with van der Waals surface area (Å²) >= 11 is 1.43. The van der Waals surface area contributed by atoms with Gasteiger partial charge in [0.2, 0.25) is 0 Å². The fraction of sp³-hybridized carbons (Fsp3) is 0.462. The number of aryl methyl sites for hydroxylation is 1. The molecule has 1 amide bonds. The van der Waals surface area contributed by atoms with Crippen LogP contribution in [0.15, 0.2) is 24.0 Å². The Balaban J connectivity index is 1.75. The Morgan fingerprint density at radius 2 is 2.42 bits per heavy atom. The van der Waals surface area contributed by atoms with Gasteiger partial charge in [0, 0.05) is 25.5 Å². The quantitative estimate of drug-likeness (QED) is 0.844. The average Bonchev–Trinajstić information content (AvgIpc) is 3.09. The van der Waals surface area contributed by atoms with E-state index in [4.69, 9.17) is 0 Å². The van der Waals surface area contributed by atoms with Gasteiger partial charge in [0.1, 0.15) is 4.88 Å². The fourth-order valence-corrected chi connectivity index (χ4v) is 3.27. The highest BCUT2D eigenvalue weighted by Crippen LogP contribution is 2.24. The molecule has 1 saturated heterocycles. The monoisotopic (exact) mass is 276 g/mol. The molecular formula is C13H16N4OS. The van der Waals surface area contributed by atoms with E-state index in [0.29, 0.717) is 6.04 Å². The summed E-state index contributed by atoms with van der Waals surface area (Å²) in [7, 11) is 0. The smallest absolute Gasteiger partial charge is 0.265 e. The Labute approximate surface area is 115 Å². The standard InChI is InChI=1S/C13H16N4OS/c1-10-12(19-9-14-10)13(18)16-6-2-4-11(8-16)17-7-3-5-15-17/h3,5,7,9,11H,2,4,6,8H2,1H3/t11-/m0/s1. The minimum Gasteiger partial charge on any atom is -0.336 e. The molecule has 3 rings (SSSR count). The number of piperidine rings is 1. The van der Waals surface area contributed by atoms with Crippen molar-refractivity contribution in [3.05, 3.63) is 34.5 Å². The summed E-state index contributed by atoms with van der Waals surface area (Å²) < 4.78 is 1.96. The summed E-state index contributed by atoms with van der Waals surface area (Å²) in [5.74, 6) is 0.108. The molecule has 0 N–H and O–H groups in total. The molecule has 2 aromatic rings. The summed E-state index contributed by atoms with van der Waals surface area (Å²) in [5.41, 5.74) is 2.56. The zero-order valence-corrected chi connectivity index (χ0v) is 11.6. The Bertz CT molecular complexity index is 563. The van der Waals surface area contributed by atoms with E-state index in [2.05, 4.69) is 10.1 Å². The molecule has 1 atom stereocenters. The Kier molecular flexibility index (Phi) is 3.33. The molecule has 0 aromatic carbocycles. The first-order chi connectivity index (χ1) is 9.25. The van der Waals surface area contributed by atoms with Gasteiger partial charge in [0.25, 0.3) is 5.91 Å². The van der Waals surface area contributed by atoms with Crippen LogP contribution in [0.1, 0.15) is 34.2 Å². The van der Waals surface area contributed by atoms with Crippen LogP contribution >= 0.6 is 11.3 Å². The molecule has 5 nitrogen and oxygen atoms in total. The normalized spacial score (nSPS) is 19.6. The number of nitrogens with zero attached hydrogens (tertiary/aromatic N) is 4. The molecule has 6 heteroatoms. The van der Waals surface area contributed by atoms with Crippen LogP contribution in [-0.2, 0) is 0 Å². The number of hydrogen-bond donors (Lipinski definition) is 0. The second-order valence-electron chi connectivity index (χ2n) is 4.80. The third-order valence-corrected chi connectivity index (χ3v) is 4.44. The molecule has 19 heavy (non-hydrogen) atoms. The lowest BCUT2D eigenvalue weighted by Gasteiger charge is -2.32. The Morgan fingerprint density at radius 1 is 1.53 bits per heavy atom. The van der Waals surface area contributed by atoms with Gasteiger partial charge in [-0.05, 0) is 25.8 Å². The molecule has 0 spiro atoms. The van der Waals surface area contributed by atoms with E-state index < -0.39 is 0 Å². The number of hydrogen-bond acceptors (Lipinski definition) is 4. The van der Waals surface area contributed by atoms with E-state index in [1.54, 1.807) is 11.7 Å². The fourth-order valence-electron chi connectivity index (χ4n) is 2.50. The second kappa shape index (κ2) is 5.13. The van der Waals surface area contributed by atoms with E-state index in [9.17, 15) is 4.79 Å². The molecule has 2 aromatic heterocycles. The first-order valence-corrected chi connectivity index (χ1v) is 7.32. The van der Waals surface area contributed by atoms with Gasteiger partial charge >= 0.3 is 0 Å².